The van der Waals surface area contributed by atoms with Gasteiger partial charge in [-0.2, -0.15) is 0 Å². The Morgan fingerprint density at radius 3 is 1.43 bits per heavy atom. The molecule has 0 atom stereocenters. The zero-order chi connectivity index (χ0) is 21.6. The molecule has 2 rings (SSSR count). The minimum Gasteiger partial charge on any atom is -0.466 e. The second-order valence-corrected chi connectivity index (χ2v) is 6.02. The third-order valence-electron chi connectivity index (χ3n) is 3.81. The average Bonchev–Trinajstić information content (AvgIpc) is 2.79. The number of benzene rings is 2. The van der Waals surface area contributed by atoms with Crippen molar-refractivity contribution in [1.82, 2.24) is 10.0 Å². The molecule has 0 fully saturated rings. The van der Waals surface area contributed by atoms with E-state index in [4.69, 9.17) is 0 Å². The third kappa shape index (κ3) is 8.39. The molecule has 2 aromatic rings. The highest BCUT2D eigenvalue weighted by molar-refractivity contribution is 5.81. The van der Waals surface area contributed by atoms with Crippen LogP contribution in [0, 0.1) is 0 Å². The number of nitrogens with zero attached hydrogens (tertiary/aromatic N) is 4. The maximum atomic E-state index is 11.5. The van der Waals surface area contributed by atoms with Gasteiger partial charge < -0.3 is 9.47 Å². The van der Waals surface area contributed by atoms with Gasteiger partial charge >= 0.3 is 11.9 Å². The van der Waals surface area contributed by atoms with Gasteiger partial charge in [0.25, 0.3) is 0 Å². The number of carbonyl (C=O) groups excluding carboxylic acids is 2. The monoisotopic (exact) mass is 408 g/mol. The van der Waals surface area contributed by atoms with Crippen molar-refractivity contribution in [3.8, 4) is 0 Å². The highest BCUT2D eigenvalue weighted by atomic mass is 16.5. The molecular formula is C22H24N4O4. The van der Waals surface area contributed by atoms with E-state index in [1.807, 2.05) is 60.7 Å². The molecule has 0 saturated carbocycles. The van der Waals surface area contributed by atoms with E-state index in [9.17, 15) is 9.59 Å². The molecule has 0 radical (unpaired) electrons. The Morgan fingerprint density at radius 2 is 1.10 bits per heavy atom. The normalized spacial score (nSPS) is 11.1. The van der Waals surface area contributed by atoms with Crippen molar-refractivity contribution in [1.29, 1.82) is 0 Å². The Labute approximate surface area is 175 Å². The number of carbonyl (C=O) groups is 2. The van der Waals surface area contributed by atoms with Crippen molar-refractivity contribution in [2.75, 3.05) is 14.2 Å². The average molecular weight is 408 g/mol. The molecule has 0 aromatic heterocycles. The summed E-state index contributed by atoms with van der Waals surface area (Å²) in [5.74, 6) is -1.01. The summed E-state index contributed by atoms with van der Waals surface area (Å²) in [6.45, 7) is 0.773. The van der Waals surface area contributed by atoms with Gasteiger partial charge in [-0.1, -0.05) is 60.7 Å². The van der Waals surface area contributed by atoms with E-state index in [2.05, 4.69) is 19.9 Å². The fraction of sp³-hybridized carbons (Fsp3) is 0.182. The predicted octanol–water partition coefficient (Wildman–Crippen LogP) is 3.65. The van der Waals surface area contributed by atoms with Gasteiger partial charge in [-0.3, -0.25) is 0 Å². The lowest BCUT2D eigenvalue weighted by atomic mass is 10.2. The minimum atomic E-state index is -0.505. The van der Waals surface area contributed by atoms with Crippen LogP contribution in [0.25, 0.3) is 0 Å². The first kappa shape index (κ1) is 22.4. The van der Waals surface area contributed by atoms with Crippen LogP contribution in [0.2, 0.25) is 0 Å². The molecule has 156 valence electrons. The summed E-state index contributed by atoms with van der Waals surface area (Å²) in [6, 6.07) is 19.2. The van der Waals surface area contributed by atoms with Gasteiger partial charge in [-0.15, -0.1) is 0 Å². The number of hydrogen-bond donors (Lipinski definition) is 0. The van der Waals surface area contributed by atoms with Crippen LogP contribution in [0.15, 0.2) is 95.7 Å². The molecule has 0 unspecified atom stereocenters. The smallest absolute Gasteiger partial charge is 0.332 e. The summed E-state index contributed by atoms with van der Waals surface area (Å²) >= 11 is 0. The summed E-state index contributed by atoms with van der Waals surface area (Å²) < 4.78 is 9.27. The predicted molar refractivity (Wildman–Crippen MR) is 111 cm³/mol. The zero-order valence-corrected chi connectivity index (χ0v) is 16.9. The van der Waals surface area contributed by atoms with Crippen LogP contribution < -0.4 is 0 Å². The largest absolute Gasteiger partial charge is 0.466 e. The van der Waals surface area contributed by atoms with Gasteiger partial charge in [-0.05, 0) is 21.6 Å². The Bertz CT molecular complexity index is 809. The van der Waals surface area contributed by atoms with E-state index >= 15 is 0 Å². The SMILES string of the molecule is COC(=O)C=CN(Cc1ccccc1)N=NN(C=CC(=O)OC)Cc1ccccc1. The van der Waals surface area contributed by atoms with Gasteiger partial charge in [0.15, 0.2) is 0 Å². The molecule has 8 nitrogen and oxygen atoms in total. The van der Waals surface area contributed by atoms with E-state index in [-0.39, 0.29) is 0 Å². The fourth-order valence-corrected chi connectivity index (χ4v) is 2.30. The van der Waals surface area contributed by atoms with Crippen molar-refractivity contribution >= 4 is 11.9 Å². The maximum absolute atomic E-state index is 11.5. The first-order valence-corrected chi connectivity index (χ1v) is 9.15. The molecule has 0 bridgehead atoms. The molecule has 30 heavy (non-hydrogen) atoms. The van der Waals surface area contributed by atoms with E-state index < -0.39 is 11.9 Å². The highest BCUT2D eigenvalue weighted by Crippen LogP contribution is 2.10. The molecule has 0 aliphatic carbocycles. The minimum absolute atomic E-state index is 0.387. The summed E-state index contributed by atoms with van der Waals surface area (Å²) in [5.41, 5.74) is 1.95. The quantitative estimate of drug-likeness (QED) is 0.258. The molecule has 0 spiro atoms. The lowest BCUT2D eigenvalue weighted by Gasteiger charge is -2.16. The Hall–Kier alpha value is -3.94. The first-order chi connectivity index (χ1) is 14.6. The fourth-order valence-electron chi connectivity index (χ4n) is 2.30. The van der Waals surface area contributed by atoms with Crippen LogP contribution in [0.3, 0.4) is 0 Å². The summed E-state index contributed by atoms with van der Waals surface area (Å²) in [5, 5.41) is 11.4. The number of ether oxygens (including phenoxy) is 2. The number of rotatable bonds is 10. The maximum Gasteiger partial charge on any atom is 0.332 e. The molecular weight excluding hydrogens is 384 g/mol. The topological polar surface area (TPSA) is 83.8 Å². The van der Waals surface area contributed by atoms with Gasteiger partial charge in [0.1, 0.15) is 0 Å². The zero-order valence-electron chi connectivity index (χ0n) is 16.9. The molecule has 0 aliphatic rings. The summed E-state index contributed by atoms with van der Waals surface area (Å²) in [4.78, 5) is 23.0. The lowest BCUT2D eigenvalue weighted by molar-refractivity contribution is -0.135. The molecule has 0 amide bonds. The van der Waals surface area contributed by atoms with Crippen LogP contribution in [0.4, 0.5) is 0 Å². The summed E-state index contributed by atoms with van der Waals surface area (Å²) in [6.07, 6.45) is 5.47. The molecule has 0 N–H and O–H groups in total. The number of hydrogen-bond acceptors (Lipinski definition) is 6. The van der Waals surface area contributed by atoms with Crippen molar-refractivity contribution in [3.05, 3.63) is 96.3 Å². The molecule has 0 aliphatic heterocycles. The third-order valence-corrected chi connectivity index (χ3v) is 3.81. The van der Waals surface area contributed by atoms with Crippen LogP contribution in [0.1, 0.15) is 11.1 Å². The van der Waals surface area contributed by atoms with E-state index in [1.54, 1.807) is 0 Å². The van der Waals surface area contributed by atoms with Gasteiger partial charge in [0, 0.05) is 24.6 Å². The van der Waals surface area contributed by atoms with E-state index in [1.165, 1.54) is 48.8 Å². The van der Waals surface area contributed by atoms with Crippen molar-refractivity contribution < 1.29 is 19.1 Å². The van der Waals surface area contributed by atoms with Gasteiger partial charge in [-0.25, -0.2) is 19.6 Å². The Morgan fingerprint density at radius 1 is 0.733 bits per heavy atom. The van der Waals surface area contributed by atoms with Gasteiger partial charge in [0.2, 0.25) is 0 Å². The van der Waals surface area contributed by atoms with Crippen LogP contribution in [0.5, 0.6) is 0 Å². The standard InChI is InChI=1S/C22H24N4O4/c1-29-21(27)13-15-25(17-19-9-5-3-6-10-19)23-24-26(16-14-22(28)30-2)18-20-11-7-4-8-12-20/h3-16H,17-18H2,1-2H3. The molecule has 2 aromatic carbocycles. The van der Waals surface area contributed by atoms with Crippen molar-refractivity contribution in [3.63, 3.8) is 0 Å². The van der Waals surface area contributed by atoms with Crippen LogP contribution in [-0.4, -0.2) is 36.2 Å². The second-order valence-electron chi connectivity index (χ2n) is 6.02. The first-order valence-electron chi connectivity index (χ1n) is 9.15. The summed E-state index contributed by atoms with van der Waals surface area (Å²) in [7, 11) is 2.60. The number of methoxy groups -OCH3 is 2. The van der Waals surface area contributed by atoms with Crippen molar-refractivity contribution in [2.24, 2.45) is 10.4 Å². The van der Waals surface area contributed by atoms with Crippen LogP contribution in [-0.2, 0) is 32.2 Å². The number of esters is 2. The molecule has 0 saturated heterocycles. The van der Waals surface area contributed by atoms with E-state index in [0.717, 1.165) is 11.1 Å². The van der Waals surface area contributed by atoms with Crippen LogP contribution >= 0.6 is 0 Å². The molecule has 0 heterocycles. The second kappa shape index (κ2) is 12.5. The molecule has 8 heteroatoms. The Kier molecular flexibility index (Phi) is 9.32. The Balaban J connectivity index is 2.21. The van der Waals surface area contributed by atoms with Gasteiger partial charge in [0.05, 0.1) is 27.3 Å². The lowest BCUT2D eigenvalue weighted by Crippen LogP contribution is -2.14. The highest BCUT2D eigenvalue weighted by Gasteiger charge is 2.05. The van der Waals surface area contributed by atoms with Crippen molar-refractivity contribution in [2.45, 2.75) is 13.1 Å². The van der Waals surface area contributed by atoms with E-state index in [0.29, 0.717) is 13.1 Å².